The molecule has 18 heavy (non-hydrogen) atoms. The molecule has 3 nitrogen and oxygen atoms in total. The minimum Gasteiger partial charge on any atom is -0.345 e. The summed E-state index contributed by atoms with van der Waals surface area (Å²) in [5, 5.41) is 4.37. The van der Waals surface area contributed by atoms with Crippen LogP contribution in [0.5, 0.6) is 0 Å². The minimum absolute atomic E-state index is 0.0718. The summed E-state index contributed by atoms with van der Waals surface area (Å²) < 4.78 is 0. The third-order valence-electron chi connectivity index (χ3n) is 2.83. The van der Waals surface area contributed by atoms with Crippen molar-refractivity contribution in [2.24, 2.45) is 0 Å². The van der Waals surface area contributed by atoms with Crippen LogP contribution in [0.4, 0.5) is 0 Å². The smallest absolute Gasteiger partial charge is 0.239 e. The van der Waals surface area contributed by atoms with E-state index in [1.807, 2.05) is 19.9 Å². The second kappa shape index (κ2) is 6.98. The van der Waals surface area contributed by atoms with Gasteiger partial charge in [0.15, 0.2) is 0 Å². The van der Waals surface area contributed by atoms with Crippen molar-refractivity contribution in [2.45, 2.75) is 26.4 Å². The van der Waals surface area contributed by atoms with Crippen molar-refractivity contribution < 1.29 is 4.79 Å². The molecular weight excluding hydrogens is 271 g/mol. The quantitative estimate of drug-likeness (QED) is 0.904. The lowest BCUT2D eigenvalue weighted by molar-refractivity contribution is -0.131. The molecule has 0 aliphatic rings. The molecule has 0 aliphatic carbocycles. The number of carbonyl (C=O) groups is 1. The molecule has 1 amide bonds. The van der Waals surface area contributed by atoms with E-state index in [0.29, 0.717) is 23.1 Å². The zero-order chi connectivity index (χ0) is 13.7. The Bertz CT molecular complexity index is 423. The Morgan fingerprint density at radius 2 is 2.11 bits per heavy atom. The van der Waals surface area contributed by atoms with E-state index in [0.717, 1.165) is 5.56 Å². The van der Waals surface area contributed by atoms with Crippen LogP contribution in [0.25, 0.3) is 0 Å². The van der Waals surface area contributed by atoms with Crippen molar-refractivity contribution in [1.82, 2.24) is 10.2 Å². The number of nitrogens with zero attached hydrogens (tertiary/aromatic N) is 1. The van der Waals surface area contributed by atoms with E-state index in [-0.39, 0.29) is 11.9 Å². The van der Waals surface area contributed by atoms with Gasteiger partial charge in [-0.1, -0.05) is 29.3 Å². The average molecular weight is 289 g/mol. The van der Waals surface area contributed by atoms with Gasteiger partial charge in [-0.25, -0.2) is 0 Å². The molecule has 1 N–H and O–H groups in total. The Hall–Kier alpha value is -0.770. The summed E-state index contributed by atoms with van der Waals surface area (Å²) in [6, 6.07) is 5.11. The van der Waals surface area contributed by atoms with Crippen molar-refractivity contribution in [3.05, 3.63) is 33.8 Å². The molecular formula is C13H18Cl2N2O. The van der Waals surface area contributed by atoms with Gasteiger partial charge in [0.1, 0.15) is 0 Å². The van der Waals surface area contributed by atoms with Gasteiger partial charge in [0.25, 0.3) is 0 Å². The number of hydrogen-bond acceptors (Lipinski definition) is 2. The standard InChI is InChI=1S/C13H18Cl2N2O/c1-4-17(3)13(18)9(2)16-8-10-5-6-11(14)7-12(10)15/h5-7,9,16H,4,8H2,1-3H3. The number of amides is 1. The van der Waals surface area contributed by atoms with Crippen LogP contribution in [0, 0.1) is 0 Å². The van der Waals surface area contributed by atoms with Crippen molar-refractivity contribution in [3.8, 4) is 0 Å². The fourth-order valence-corrected chi connectivity index (χ4v) is 1.98. The summed E-state index contributed by atoms with van der Waals surface area (Å²) in [5.74, 6) is 0.0718. The molecule has 0 bridgehead atoms. The highest BCUT2D eigenvalue weighted by molar-refractivity contribution is 6.35. The van der Waals surface area contributed by atoms with Gasteiger partial charge in [-0.3, -0.25) is 4.79 Å². The van der Waals surface area contributed by atoms with E-state index in [4.69, 9.17) is 23.2 Å². The van der Waals surface area contributed by atoms with E-state index in [2.05, 4.69) is 5.32 Å². The van der Waals surface area contributed by atoms with Crippen LogP contribution in [0.2, 0.25) is 10.0 Å². The molecule has 0 aromatic heterocycles. The maximum absolute atomic E-state index is 11.8. The van der Waals surface area contributed by atoms with Crippen LogP contribution in [-0.4, -0.2) is 30.4 Å². The summed E-state index contributed by atoms with van der Waals surface area (Å²) in [6.45, 7) is 5.03. The van der Waals surface area contributed by atoms with Crippen molar-refractivity contribution >= 4 is 29.1 Å². The lowest BCUT2D eigenvalue weighted by atomic mass is 10.2. The normalized spacial score (nSPS) is 12.3. The fourth-order valence-electron chi connectivity index (χ4n) is 1.50. The highest BCUT2D eigenvalue weighted by Crippen LogP contribution is 2.20. The fraction of sp³-hybridized carbons (Fsp3) is 0.462. The average Bonchev–Trinajstić information content (AvgIpc) is 2.35. The number of benzene rings is 1. The maximum Gasteiger partial charge on any atom is 0.239 e. The van der Waals surface area contributed by atoms with Crippen LogP contribution < -0.4 is 5.32 Å². The predicted molar refractivity (Wildman–Crippen MR) is 76.1 cm³/mol. The summed E-state index contributed by atoms with van der Waals surface area (Å²) >= 11 is 11.9. The Kier molecular flexibility index (Phi) is 5.93. The zero-order valence-corrected chi connectivity index (χ0v) is 12.3. The zero-order valence-electron chi connectivity index (χ0n) is 10.8. The first-order valence-electron chi connectivity index (χ1n) is 5.88. The number of hydrogen-bond donors (Lipinski definition) is 1. The first-order valence-corrected chi connectivity index (χ1v) is 6.63. The van der Waals surface area contributed by atoms with E-state index < -0.39 is 0 Å². The first kappa shape index (κ1) is 15.3. The molecule has 0 heterocycles. The number of nitrogens with one attached hydrogen (secondary N) is 1. The lowest BCUT2D eigenvalue weighted by Gasteiger charge is -2.20. The number of halogens is 2. The van der Waals surface area contributed by atoms with Gasteiger partial charge in [-0.05, 0) is 31.5 Å². The molecule has 1 aromatic rings. The van der Waals surface area contributed by atoms with Gasteiger partial charge in [0.05, 0.1) is 6.04 Å². The summed E-state index contributed by atoms with van der Waals surface area (Å²) in [5.41, 5.74) is 0.930. The molecule has 100 valence electrons. The van der Waals surface area contributed by atoms with E-state index in [9.17, 15) is 4.79 Å². The van der Waals surface area contributed by atoms with Crippen molar-refractivity contribution in [3.63, 3.8) is 0 Å². The highest BCUT2D eigenvalue weighted by atomic mass is 35.5. The third kappa shape index (κ3) is 4.16. The molecule has 0 spiro atoms. The lowest BCUT2D eigenvalue weighted by Crippen LogP contribution is -2.42. The van der Waals surface area contributed by atoms with E-state index in [1.165, 1.54) is 0 Å². The maximum atomic E-state index is 11.8. The minimum atomic E-state index is -0.235. The van der Waals surface area contributed by atoms with Crippen LogP contribution in [0.15, 0.2) is 18.2 Å². The van der Waals surface area contributed by atoms with Gasteiger partial charge in [0.2, 0.25) is 5.91 Å². The van der Waals surface area contributed by atoms with Gasteiger partial charge >= 0.3 is 0 Å². The monoisotopic (exact) mass is 288 g/mol. The molecule has 1 atom stereocenters. The van der Waals surface area contributed by atoms with E-state index in [1.54, 1.807) is 24.1 Å². The van der Waals surface area contributed by atoms with Crippen LogP contribution in [0.3, 0.4) is 0 Å². The van der Waals surface area contributed by atoms with Crippen LogP contribution in [-0.2, 0) is 11.3 Å². The van der Waals surface area contributed by atoms with Gasteiger partial charge in [-0.15, -0.1) is 0 Å². The second-order valence-electron chi connectivity index (χ2n) is 4.19. The van der Waals surface area contributed by atoms with E-state index >= 15 is 0 Å². The van der Waals surface area contributed by atoms with Crippen molar-refractivity contribution in [1.29, 1.82) is 0 Å². The summed E-state index contributed by atoms with van der Waals surface area (Å²) in [7, 11) is 1.79. The van der Waals surface area contributed by atoms with Gasteiger partial charge in [-0.2, -0.15) is 0 Å². The highest BCUT2D eigenvalue weighted by Gasteiger charge is 2.15. The Balaban J connectivity index is 2.57. The third-order valence-corrected chi connectivity index (χ3v) is 3.42. The molecule has 0 fully saturated rings. The largest absolute Gasteiger partial charge is 0.345 e. The number of likely N-dealkylation sites (N-methyl/N-ethyl adjacent to an activating group) is 1. The van der Waals surface area contributed by atoms with Crippen molar-refractivity contribution in [2.75, 3.05) is 13.6 Å². The summed E-state index contributed by atoms with van der Waals surface area (Å²) in [6.07, 6.45) is 0. The van der Waals surface area contributed by atoms with Crippen LogP contribution in [0.1, 0.15) is 19.4 Å². The number of rotatable bonds is 5. The predicted octanol–water partition coefficient (Wildman–Crippen LogP) is 2.95. The SMILES string of the molecule is CCN(C)C(=O)C(C)NCc1ccc(Cl)cc1Cl. The number of carbonyl (C=O) groups excluding carboxylic acids is 1. The summed E-state index contributed by atoms with van der Waals surface area (Å²) in [4.78, 5) is 13.5. The molecule has 1 aromatic carbocycles. The molecule has 0 saturated carbocycles. The van der Waals surface area contributed by atoms with Gasteiger partial charge in [0, 0.05) is 30.2 Å². The molecule has 0 radical (unpaired) electrons. The molecule has 1 rings (SSSR count). The Labute approximate surface area is 118 Å². The first-order chi connectivity index (χ1) is 8.45. The Morgan fingerprint density at radius 3 is 2.67 bits per heavy atom. The second-order valence-corrected chi connectivity index (χ2v) is 5.03. The topological polar surface area (TPSA) is 32.3 Å². The molecule has 1 unspecified atom stereocenters. The molecule has 0 aliphatic heterocycles. The molecule has 5 heteroatoms. The van der Waals surface area contributed by atoms with Crippen LogP contribution >= 0.6 is 23.2 Å². The van der Waals surface area contributed by atoms with Gasteiger partial charge < -0.3 is 10.2 Å². The Morgan fingerprint density at radius 1 is 1.44 bits per heavy atom. The molecule has 0 saturated heterocycles.